The van der Waals surface area contributed by atoms with Gasteiger partial charge in [-0.1, -0.05) is 64.4 Å². The number of benzene rings is 1. The summed E-state index contributed by atoms with van der Waals surface area (Å²) in [6.07, 6.45) is -7.40. The van der Waals surface area contributed by atoms with Crippen molar-refractivity contribution >= 4 is 47.4 Å². The lowest BCUT2D eigenvalue weighted by Crippen LogP contribution is -2.70. The van der Waals surface area contributed by atoms with Gasteiger partial charge < -0.3 is 39.8 Å². The second kappa shape index (κ2) is 24.6. The zero-order valence-corrected chi connectivity index (χ0v) is 44.6. The van der Waals surface area contributed by atoms with Crippen LogP contribution in [-0.4, -0.2) is 182 Å². The van der Waals surface area contributed by atoms with Crippen LogP contribution >= 0.6 is 0 Å². The standard InChI is InChI=1S/C50H74F3N9O15/c1-9-16-30-21-22-48(72,77-36(30)10-2)47(7,71)45(69)58-37-38(27(3)4)76-44(68)28(5)57-39(63)35-25-32(75-46(70)49(74-8,50(51,52)53)31-17-12-11-13-18-31)26-56-61(35)41(65)33-19-14-23-54-59(33)40(64)29(6)62(73)42(66)34-20-15-24-55-60(34)43(37)67/h11-13,17-18,27-30,32-38,54-56,71-73H,9-10,14-16,19-26H2,1-8H3,(H,57,63)(H,58,69)/t28-,29-,30-,32-,33+,34+,35-,36+,37-,38-,47+,48+,49+/m0/s1. The third-order valence-electron chi connectivity index (χ3n) is 15.3. The Labute approximate surface area is 444 Å². The molecule has 5 fully saturated rings. The number of rotatable bonds is 11. The van der Waals surface area contributed by atoms with Crippen LogP contribution in [-0.2, 0) is 62.9 Å². The van der Waals surface area contributed by atoms with Crippen LogP contribution < -0.4 is 26.9 Å². The molecule has 0 radical (unpaired) electrons. The molecule has 5 aliphatic rings. The molecule has 0 bridgehead atoms. The summed E-state index contributed by atoms with van der Waals surface area (Å²) in [6.45, 7) is 9.77. The molecule has 24 nitrogen and oxygen atoms in total. The molecule has 5 heterocycles. The second-order valence-corrected chi connectivity index (χ2v) is 20.8. The number of esters is 2. The quantitative estimate of drug-likeness (QED) is 0.112. The minimum Gasteiger partial charge on any atom is -0.458 e. The van der Waals surface area contributed by atoms with Crippen molar-refractivity contribution in [2.75, 3.05) is 26.7 Å². The van der Waals surface area contributed by atoms with Gasteiger partial charge in [0.2, 0.25) is 11.7 Å². The first-order valence-electron chi connectivity index (χ1n) is 26.3. The summed E-state index contributed by atoms with van der Waals surface area (Å²) in [7, 11) is 0.669. The largest absolute Gasteiger partial charge is 0.458 e. The lowest BCUT2D eigenvalue weighted by atomic mass is 9.80. The summed E-state index contributed by atoms with van der Waals surface area (Å²) >= 11 is 0. The van der Waals surface area contributed by atoms with Gasteiger partial charge in [-0.2, -0.15) is 13.2 Å². The van der Waals surface area contributed by atoms with Crippen LogP contribution in [0.5, 0.6) is 0 Å². The Morgan fingerprint density at radius 1 is 0.883 bits per heavy atom. The zero-order valence-electron chi connectivity index (χ0n) is 44.6. The third kappa shape index (κ3) is 12.2. The number of hydrogen-bond acceptors (Lipinski definition) is 18. The first-order valence-corrected chi connectivity index (χ1v) is 26.3. The van der Waals surface area contributed by atoms with Gasteiger partial charge in [-0.25, -0.2) is 30.9 Å². The molecule has 430 valence electrons. The Bertz CT molecular complexity index is 2340. The minimum absolute atomic E-state index is 0.00152. The van der Waals surface area contributed by atoms with Crippen molar-refractivity contribution in [1.29, 1.82) is 0 Å². The van der Waals surface area contributed by atoms with Crippen LogP contribution in [0, 0.1) is 11.8 Å². The normalized spacial score (nSPS) is 32.2. The number of cyclic esters (lactones) is 1. The number of hydrogen-bond donors (Lipinski definition) is 8. The summed E-state index contributed by atoms with van der Waals surface area (Å²) in [5.74, 6) is -13.3. The van der Waals surface area contributed by atoms with E-state index in [2.05, 4.69) is 26.9 Å². The zero-order chi connectivity index (χ0) is 56.9. The van der Waals surface area contributed by atoms with Gasteiger partial charge in [-0.3, -0.25) is 49.0 Å². The van der Waals surface area contributed by atoms with Crippen molar-refractivity contribution < 1.29 is 85.9 Å². The van der Waals surface area contributed by atoms with Crippen molar-refractivity contribution in [2.24, 2.45) is 11.8 Å². The molecule has 6 amide bonds. The summed E-state index contributed by atoms with van der Waals surface area (Å²) in [5, 5.41) is 42.9. The Balaban J connectivity index is 1.39. The lowest BCUT2D eigenvalue weighted by Gasteiger charge is -2.48. The molecule has 0 spiro atoms. The van der Waals surface area contributed by atoms with E-state index < -0.39 is 150 Å². The molecule has 0 unspecified atom stereocenters. The van der Waals surface area contributed by atoms with E-state index in [-0.39, 0.29) is 56.2 Å². The van der Waals surface area contributed by atoms with Crippen LogP contribution in [0.4, 0.5) is 13.2 Å². The van der Waals surface area contributed by atoms with Gasteiger partial charge in [-0.05, 0) is 77.6 Å². The number of hydrazine groups is 3. The van der Waals surface area contributed by atoms with Gasteiger partial charge in [-0.15, -0.1) is 0 Å². The fourth-order valence-electron chi connectivity index (χ4n) is 10.7. The summed E-state index contributed by atoms with van der Waals surface area (Å²) in [4.78, 5) is 116. The molecule has 13 atom stereocenters. The van der Waals surface area contributed by atoms with E-state index in [9.17, 15) is 62.2 Å². The molecule has 0 aliphatic carbocycles. The fraction of sp³-hybridized carbons (Fsp3) is 0.720. The number of halogens is 3. The number of alkyl halides is 3. The number of amides is 6. The highest BCUT2D eigenvalue weighted by molar-refractivity contribution is 5.97. The molecular weight excluding hydrogens is 1020 g/mol. The van der Waals surface area contributed by atoms with Crippen LogP contribution in [0.2, 0.25) is 0 Å². The number of nitrogens with zero attached hydrogens (tertiary/aromatic N) is 4. The highest BCUT2D eigenvalue weighted by atomic mass is 19.4. The van der Waals surface area contributed by atoms with E-state index in [1.54, 1.807) is 0 Å². The predicted octanol–water partition coefficient (Wildman–Crippen LogP) is 0.721. The predicted molar refractivity (Wildman–Crippen MR) is 261 cm³/mol. The molecule has 0 saturated carbocycles. The van der Waals surface area contributed by atoms with Gasteiger partial charge in [0, 0.05) is 38.6 Å². The van der Waals surface area contributed by atoms with Crippen LogP contribution in [0.25, 0.3) is 0 Å². The maximum Gasteiger partial charge on any atom is 0.432 e. The van der Waals surface area contributed by atoms with Crippen molar-refractivity contribution in [3.63, 3.8) is 0 Å². The number of fused-ring (bicyclic) bond motifs is 3. The highest BCUT2D eigenvalue weighted by Crippen LogP contribution is 2.44. The summed E-state index contributed by atoms with van der Waals surface area (Å²) in [5.41, 5.74) is 1.23. The molecule has 0 aromatic heterocycles. The number of carbonyl (C=O) groups is 8. The number of nitrogens with one attached hydrogen (secondary N) is 5. The summed E-state index contributed by atoms with van der Waals surface area (Å²) < 4.78 is 67.2. The summed E-state index contributed by atoms with van der Waals surface area (Å²) in [6, 6.07) is -4.36. The topological polar surface area (TPSA) is 307 Å². The number of aliphatic hydroxyl groups is 2. The van der Waals surface area contributed by atoms with Gasteiger partial charge in [0.25, 0.3) is 35.1 Å². The number of hydroxylamine groups is 2. The van der Waals surface area contributed by atoms with Crippen LogP contribution in [0.15, 0.2) is 30.3 Å². The van der Waals surface area contributed by atoms with Crippen LogP contribution in [0.1, 0.15) is 118 Å². The molecule has 1 aromatic carbocycles. The lowest BCUT2D eigenvalue weighted by molar-refractivity contribution is -0.328. The fourth-order valence-corrected chi connectivity index (χ4v) is 10.7. The Kier molecular flexibility index (Phi) is 19.4. The van der Waals surface area contributed by atoms with E-state index in [1.807, 2.05) is 13.8 Å². The van der Waals surface area contributed by atoms with Gasteiger partial charge in [0.15, 0.2) is 5.60 Å². The average molecular weight is 1100 g/mol. The molecule has 8 N–H and O–H groups in total. The molecule has 5 saturated heterocycles. The monoisotopic (exact) mass is 1100 g/mol. The first-order chi connectivity index (χ1) is 36.2. The van der Waals surface area contributed by atoms with Gasteiger partial charge in [0.05, 0.1) is 12.6 Å². The van der Waals surface area contributed by atoms with Crippen molar-refractivity contribution in [3.8, 4) is 0 Å². The van der Waals surface area contributed by atoms with E-state index in [0.717, 1.165) is 53.8 Å². The number of carbonyl (C=O) groups excluding carboxylic acids is 8. The minimum atomic E-state index is -5.38. The molecule has 27 heteroatoms. The average Bonchev–Trinajstić information content (AvgIpc) is 3.41. The highest BCUT2D eigenvalue weighted by Gasteiger charge is 2.65. The van der Waals surface area contributed by atoms with Crippen molar-refractivity contribution in [3.05, 3.63) is 35.9 Å². The van der Waals surface area contributed by atoms with E-state index in [0.29, 0.717) is 20.0 Å². The van der Waals surface area contributed by atoms with Crippen molar-refractivity contribution in [2.45, 2.75) is 190 Å². The Hall–Kier alpha value is -5.55. The SMILES string of the molecule is CCC[C@H]1CC[C@](O)([C@](C)(O)C(=O)N[C@@H]2C(=O)N3NCCC[C@@H]3C(=O)N(O)[C@@H](C)C(=O)N3NCCC[C@@H]3C(=O)N3NC[C@@H](OC(=O)[C@](OC)(c4ccccc4)C(F)(F)F)C[C@H]3C(=O)N[C@@H](C)C(=O)O[C@H]2C(C)C)O[C@@H]1CC. The van der Waals surface area contributed by atoms with E-state index in [4.69, 9.17) is 18.9 Å². The number of ether oxygens (including phenoxy) is 4. The van der Waals surface area contributed by atoms with Crippen LogP contribution in [0.3, 0.4) is 0 Å². The van der Waals surface area contributed by atoms with E-state index >= 15 is 4.79 Å². The smallest absolute Gasteiger partial charge is 0.432 e. The maximum absolute atomic E-state index is 15.1. The van der Waals surface area contributed by atoms with E-state index in [1.165, 1.54) is 39.0 Å². The molecule has 5 aliphatic heterocycles. The Morgan fingerprint density at radius 2 is 1.48 bits per heavy atom. The van der Waals surface area contributed by atoms with Crippen molar-refractivity contribution in [1.82, 2.24) is 47.0 Å². The van der Waals surface area contributed by atoms with Gasteiger partial charge in [0.1, 0.15) is 48.5 Å². The number of methoxy groups -OCH3 is 1. The third-order valence-corrected chi connectivity index (χ3v) is 15.3. The molecule has 77 heavy (non-hydrogen) atoms. The molecular formula is C50H74F3N9O15. The van der Waals surface area contributed by atoms with Gasteiger partial charge >= 0.3 is 18.1 Å². The Morgan fingerprint density at radius 3 is 2.05 bits per heavy atom. The maximum atomic E-state index is 15.1. The molecule has 6 rings (SSSR count). The molecule has 1 aromatic rings. The second-order valence-electron chi connectivity index (χ2n) is 20.8. The first kappa shape index (κ1) is 60.7.